The highest BCUT2D eigenvalue weighted by atomic mass is 35.5. The molecule has 0 saturated heterocycles. The minimum atomic E-state index is -0.358. The van der Waals surface area contributed by atoms with Crippen molar-refractivity contribution in [2.24, 2.45) is 5.92 Å². The van der Waals surface area contributed by atoms with Crippen LogP contribution in [0.4, 0.5) is 14.9 Å². The number of urea groups is 1. The molecule has 0 saturated carbocycles. The van der Waals surface area contributed by atoms with E-state index in [0.717, 1.165) is 5.56 Å². The quantitative estimate of drug-likeness (QED) is 0.513. The van der Waals surface area contributed by atoms with Gasteiger partial charge in [0, 0.05) is 50.5 Å². The van der Waals surface area contributed by atoms with Gasteiger partial charge in [0.1, 0.15) is 5.82 Å². The molecule has 0 heterocycles. The summed E-state index contributed by atoms with van der Waals surface area (Å²) in [6, 6.07) is 12.9. The Hall–Kier alpha value is -2.19. The third-order valence-electron chi connectivity index (χ3n) is 5.57. The lowest BCUT2D eigenvalue weighted by Gasteiger charge is -2.34. The summed E-state index contributed by atoms with van der Waals surface area (Å²) in [6.45, 7) is 5.67. The van der Waals surface area contributed by atoms with Crippen molar-refractivity contribution in [1.82, 2.24) is 9.80 Å². The first-order valence-corrected chi connectivity index (χ1v) is 11.0. The van der Waals surface area contributed by atoms with Crippen molar-refractivity contribution in [2.45, 2.75) is 32.5 Å². The Kier molecular flexibility index (Phi) is 10.4. The molecule has 3 atom stereocenters. The second-order valence-corrected chi connectivity index (χ2v) is 8.53. The standard InChI is InChI=1S/C24H33ClFN3O3/c1-17(13-29(18(2)16-30)14-19-7-5-6-8-22(19)25)23(32-4)15-28(3)24(31)27-21-11-9-20(26)10-12-21/h5-12,17-18,23,30H,13-16H2,1-4H3,(H,27,31)/t17-,18-,23-/m1/s1. The Balaban J connectivity index is 2.00. The van der Waals surface area contributed by atoms with Crippen molar-refractivity contribution >= 4 is 23.3 Å². The lowest BCUT2D eigenvalue weighted by Crippen LogP contribution is -2.45. The highest BCUT2D eigenvalue weighted by Gasteiger charge is 2.25. The maximum Gasteiger partial charge on any atom is 0.321 e. The Morgan fingerprint density at radius 2 is 1.81 bits per heavy atom. The maximum absolute atomic E-state index is 13.1. The minimum absolute atomic E-state index is 0.0226. The van der Waals surface area contributed by atoms with Gasteiger partial charge in [0.05, 0.1) is 12.7 Å². The van der Waals surface area contributed by atoms with Gasteiger partial charge in [-0.15, -0.1) is 0 Å². The van der Waals surface area contributed by atoms with Crippen LogP contribution in [0.1, 0.15) is 19.4 Å². The minimum Gasteiger partial charge on any atom is -0.395 e. The van der Waals surface area contributed by atoms with Crippen molar-refractivity contribution in [3.8, 4) is 0 Å². The van der Waals surface area contributed by atoms with E-state index in [9.17, 15) is 14.3 Å². The SMILES string of the molecule is CO[C@H](CN(C)C(=O)Nc1ccc(F)cc1)[C@H](C)CN(Cc1ccccc1Cl)[C@H](C)CO. The van der Waals surface area contributed by atoms with Crippen LogP contribution in [0.2, 0.25) is 5.02 Å². The molecule has 0 aliphatic heterocycles. The molecule has 0 radical (unpaired) electrons. The zero-order valence-corrected chi connectivity index (χ0v) is 19.8. The molecule has 0 unspecified atom stereocenters. The van der Waals surface area contributed by atoms with Gasteiger partial charge in [0.2, 0.25) is 0 Å². The van der Waals surface area contributed by atoms with E-state index in [-0.39, 0.29) is 36.5 Å². The van der Waals surface area contributed by atoms with Crippen molar-refractivity contribution in [2.75, 3.05) is 39.2 Å². The molecule has 0 aromatic heterocycles. The van der Waals surface area contributed by atoms with E-state index in [1.54, 1.807) is 19.1 Å². The van der Waals surface area contributed by atoms with Crippen molar-refractivity contribution in [3.63, 3.8) is 0 Å². The monoisotopic (exact) mass is 465 g/mol. The molecule has 0 aliphatic carbocycles. The number of likely N-dealkylation sites (N-methyl/N-ethyl adjacent to an activating group) is 1. The molecular weight excluding hydrogens is 433 g/mol. The largest absolute Gasteiger partial charge is 0.395 e. The molecule has 0 spiro atoms. The van der Waals surface area contributed by atoms with Gasteiger partial charge in [0.25, 0.3) is 0 Å². The van der Waals surface area contributed by atoms with Crippen LogP contribution in [0.25, 0.3) is 0 Å². The average molecular weight is 466 g/mol. The number of aliphatic hydroxyl groups excluding tert-OH is 1. The normalized spacial score (nSPS) is 14.1. The fourth-order valence-electron chi connectivity index (χ4n) is 3.44. The number of amides is 2. The molecule has 2 amide bonds. The number of nitrogens with one attached hydrogen (secondary N) is 1. The predicted octanol–water partition coefficient (Wildman–Crippen LogP) is 4.48. The molecule has 0 bridgehead atoms. The summed E-state index contributed by atoms with van der Waals surface area (Å²) in [5.74, 6) is -0.291. The summed E-state index contributed by atoms with van der Waals surface area (Å²) in [5.41, 5.74) is 1.51. The molecule has 0 fully saturated rings. The molecule has 0 aliphatic rings. The van der Waals surface area contributed by atoms with E-state index in [1.165, 1.54) is 24.3 Å². The summed E-state index contributed by atoms with van der Waals surface area (Å²) < 4.78 is 18.8. The van der Waals surface area contributed by atoms with E-state index in [1.807, 2.05) is 31.2 Å². The molecule has 2 aromatic carbocycles. The van der Waals surface area contributed by atoms with Gasteiger partial charge in [-0.25, -0.2) is 9.18 Å². The van der Waals surface area contributed by atoms with Crippen LogP contribution in [-0.2, 0) is 11.3 Å². The van der Waals surface area contributed by atoms with Gasteiger partial charge >= 0.3 is 6.03 Å². The second kappa shape index (κ2) is 12.7. The van der Waals surface area contributed by atoms with E-state index < -0.39 is 0 Å². The van der Waals surface area contributed by atoms with E-state index in [2.05, 4.69) is 17.1 Å². The zero-order chi connectivity index (χ0) is 23.7. The van der Waals surface area contributed by atoms with Crippen LogP contribution in [0.3, 0.4) is 0 Å². The van der Waals surface area contributed by atoms with Crippen LogP contribution in [0.5, 0.6) is 0 Å². The molecule has 176 valence electrons. The number of hydrogen-bond donors (Lipinski definition) is 2. The summed E-state index contributed by atoms with van der Waals surface area (Å²) in [6.07, 6.45) is -0.224. The number of methoxy groups -OCH3 is 1. The highest BCUT2D eigenvalue weighted by Crippen LogP contribution is 2.21. The topological polar surface area (TPSA) is 65.0 Å². The fourth-order valence-corrected chi connectivity index (χ4v) is 3.64. The number of ether oxygens (including phenoxy) is 1. The number of nitrogens with zero attached hydrogens (tertiary/aromatic N) is 2. The first-order valence-electron chi connectivity index (χ1n) is 10.6. The number of rotatable bonds is 11. The van der Waals surface area contributed by atoms with Gasteiger partial charge in [-0.1, -0.05) is 36.7 Å². The number of anilines is 1. The van der Waals surface area contributed by atoms with Crippen molar-refractivity contribution in [3.05, 3.63) is 64.9 Å². The van der Waals surface area contributed by atoms with Gasteiger partial charge in [-0.2, -0.15) is 0 Å². The molecule has 2 N–H and O–H groups in total. The number of benzene rings is 2. The van der Waals surface area contributed by atoms with Crippen LogP contribution in [0.15, 0.2) is 48.5 Å². The number of carbonyl (C=O) groups is 1. The van der Waals surface area contributed by atoms with Crippen LogP contribution >= 0.6 is 11.6 Å². The van der Waals surface area contributed by atoms with Gasteiger partial charge in [0.15, 0.2) is 0 Å². The van der Waals surface area contributed by atoms with Gasteiger partial charge in [-0.05, 0) is 48.7 Å². The zero-order valence-electron chi connectivity index (χ0n) is 19.1. The number of hydrogen-bond acceptors (Lipinski definition) is 4. The van der Waals surface area contributed by atoms with E-state index in [0.29, 0.717) is 30.3 Å². The Bertz CT molecular complexity index is 853. The summed E-state index contributed by atoms with van der Waals surface area (Å²) in [7, 11) is 3.32. The third-order valence-corrected chi connectivity index (χ3v) is 5.94. The molecule has 2 rings (SSSR count). The Morgan fingerprint density at radius 3 is 2.41 bits per heavy atom. The average Bonchev–Trinajstić information content (AvgIpc) is 2.78. The highest BCUT2D eigenvalue weighted by molar-refractivity contribution is 6.31. The molecule has 6 nitrogen and oxygen atoms in total. The van der Waals surface area contributed by atoms with E-state index >= 15 is 0 Å². The van der Waals surface area contributed by atoms with Crippen molar-refractivity contribution in [1.29, 1.82) is 0 Å². The summed E-state index contributed by atoms with van der Waals surface area (Å²) in [5, 5.41) is 13.2. The number of carbonyl (C=O) groups excluding carboxylic acids is 1. The van der Waals surface area contributed by atoms with Crippen LogP contribution in [-0.4, -0.2) is 66.9 Å². The first kappa shape index (κ1) is 26.1. The maximum atomic E-state index is 13.1. The third kappa shape index (κ3) is 7.74. The van der Waals surface area contributed by atoms with E-state index in [4.69, 9.17) is 16.3 Å². The second-order valence-electron chi connectivity index (χ2n) is 8.12. The predicted molar refractivity (Wildman–Crippen MR) is 126 cm³/mol. The van der Waals surface area contributed by atoms with Gasteiger partial charge < -0.3 is 20.1 Å². The van der Waals surface area contributed by atoms with Crippen LogP contribution < -0.4 is 5.32 Å². The Labute approximate surface area is 194 Å². The first-order chi connectivity index (χ1) is 15.2. The summed E-state index contributed by atoms with van der Waals surface area (Å²) in [4.78, 5) is 16.2. The van der Waals surface area contributed by atoms with Crippen LogP contribution in [0, 0.1) is 11.7 Å². The smallest absolute Gasteiger partial charge is 0.321 e. The molecular formula is C24H33ClFN3O3. The van der Waals surface area contributed by atoms with Crippen molar-refractivity contribution < 1.29 is 19.0 Å². The molecule has 2 aromatic rings. The number of halogens is 2. The number of aliphatic hydroxyl groups is 1. The Morgan fingerprint density at radius 1 is 1.16 bits per heavy atom. The lowest BCUT2D eigenvalue weighted by atomic mass is 10.0. The fraction of sp³-hybridized carbons (Fsp3) is 0.458. The lowest BCUT2D eigenvalue weighted by molar-refractivity contribution is 0.0154. The molecule has 32 heavy (non-hydrogen) atoms. The van der Waals surface area contributed by atoms with Gasteiger partial charge in [-0.3, -0.25) is 4.90 Å². The molecule has 8 heteroatoms. The summed E-state index contributed by atoms with van der Waals surface area (Å²) >= 11 is 6.34.